The van der Waals surface area contributed by atoms with E-state index in [2.05, 4.69) is 0 Å². The Balaban J connectivity index is 1.86. The second-order valence-electron chi connectivity index (χ2n) is 6.35. The Hall–Kier alpha value is -2.57. The van der Waals surface area contributed by atoms with E-state index in [1.165, 1.54) is 15.9 Å². The van der Waals surface area contributed by atoms with Gasteiger partial charge in [0.2, 0.25) is 5.91 Å². The lowest BCUT2D eigenvalue weighted by Gasteiger charge is -2.32. The van der Waals surface area contributed by atoms with Crippen molar-refractivity contribution in [2.24, 2.45) is 7.05 Å². The normalized spacial score (nSPS) is 16.3. The van der Waals surface area contributed by atoms with Gasteiger partial charge in [-0.3, -0.25) is 19.1 Å². The molecule has 2 aromatic carbocycles. The van der Waals surface area contributed by atoms with E-state index in [0.717, 1.165) is 16.2 Å². The minimum absolute atomic E-state index is 0.0704. The zero-order chi connectivity index (χ0) is 19.1. The maximum atomic E-state index is 13.1. The molecule has 1 aliphatic rings. The Bertz CT molecular complexity index is 1070. The highest BCUT2D eigenvalue weighted by atomic mass is 35.5. The third-order valence-corrected chi connectivity index (χ3v) is 6.12. The number of methoxy groups -OCH3 is 1. The number of hydrogen-bond acceptors (Lipinski definition) is 4. The molecule has 0 radical (unpaired) electrons. The molecule has 1 aliphatic heterocycles. The van der Waals surface area contributed by atoms with Crippen LogP contribution in [0, 0.1) is 0 Å². The Kier molecular flexibility index (Phi) is 4.53. The van der Waals surface area contributed by atoms with E-state index in [9.17, 15) is 9.59 Å². The summed E-state index contributed by atoms with van der Waals surface area (Å²) in [4.78, 5) is 27.9. The number of fused-ring (bicyclic) bond motifs is 1. The number of carbonyl (C=O) groups excluding carboxylic acids is 1. The summed E-state index contributed by atoms with van der Waals surface area (Å²) in [6.45, 7) is 0. The second kappa shape index (κ2) is 6.87. The third-order valence-electron chi connectivity index (χ3n) is 4.75. The van der Waals surface area contributed by atoms with Crippen LogP contribution in [0.2, 0.25) is 5.02 Å². The molecule has 27 heavy (non-hydrogen) atoms. The molecule has 0 saturated carbocycles. The maximum Gasteiger partial charge on any atom is 0.308 e. The first-order chi connectivity index (χ1) is 13.0. The number of amides is 1. The van der Waals surface area contributed by atoms with Gasteiger partial charge in [-0.2, -0.15) is 0 Å². The molecule has 0 unspecified atom stereocenters. The summed E-state index contributed by atoms with van der Waals surface area (Å²) >= 11 is 7.30. The van der Waals surface area contributed by atoms with Crippen molar-refractivity contribution < 1.29 is 9.53 Å². The molecular weight excluding hydrogens is 384 g/mol. The van der Waals surface area contributed by atoms with Gasteiger partial charge in [0, 0.05) is 24.4 Å². The van der Waals surface area contributed by atoms with E-state index in [1.807, 2.05) is 30.3 Å². The molecule has 5 nitrogen and oxygen atoms in total. The van der Waals surface area contributed by atoms with Crippen LogP contribution in [0.1, 0.15) is 22.8 Å². The molecule has 1 aromatic heterocycles. The van der Waals surface area contributed by atoms with E-state index < -0.39 is 0 Å². The Labute approximate surface area is 165 Å². The SMILES string of the molecule is COc1ccc([C@@H]2CC(=O)N(c3cccc(Cl)c3)c3c2sc(=O)n3C)cc1. The number of nitrogens with zero attached hydrogens (tertiary/aromatic N) is 2. The first-order valence-corrected chi connectivity index (χ1v) is 9.61. The number of ether oxygens (including phenoxy) is 1. The number of thiazole rings is 1. The predicted molar refractivity (Wildman–Crippen MR) is 108 cm³/mol. The van der Waals surface area contributed by atoms with Crippen molar-refractivity contribution in [1.82, 2.24) is 4.57 Å². The van der Waals surface area contributed by atoms with Gasteiger partial charge in [-0.1, -0.05) is 41.1 Å². The summed E-state index contributed by atoms with van der Waals surface area (Å²) in [6.07, 6.45) is 0.284. The summed E-state index contributed by atoms with van der Waals surface area (Å²) in [5.74, 6) is 1.14. The Morgan fingerprint density at radius 2 is 1.89 bits per heavy atom. The van der Waals surface area contributed by atoms with Gasteiger partial charge in [-0.05, 0) is 35.9 Å². The minimum Gasteiger partial charge on any atom is -0.497 e. The van der Waals surface area contributed by atoms with Crippen molar-refractivity contribution in [1.29, 1.82) is 0 Å². The second-order valence-corrected chi connectivity index (χ2v) is 7.78. The molecule has 4 rings (SSSR count). The van der Waals surface area contributed by atoms with Crippen molar-refractivity contribution in [2.75, 3.05) is 12.0 Å². The molecular formula is C20H17ClN2O3S. The molecule has 0 saturated heterocycles. The summed E-state index contributed by atoms with van der Waals surface area (Å²) in [6, 6.07) is 14.7. The first kappa shape index (κ1) is 17.8. The van der Waals surface area contributed by atoms with E-state index in [0.29, 0.717) is 16.5 Å². The smallest absolute Gasteiger partial charge is 0.308 e. The molecule has 0 spiro atoms. The number of rotatable bonds is 3. The van der Waals surface area contributed by atoms with Crippen LogP contribution in [0.3, 0.4) is 0 Å². The van der Waals surface area contributed by atoms with Gasteiger partial charge in [0.05, 0.1) is 17.7 Å². The van der Waals surface area contributed by atoms with E-state index >= 15 is 0 Å². The summed E-state index contributed by atoms with van der Waals surface area (Å²) in [5, 5.41) is 0.541. The quantitative estimate of drug-likeness (QED) is 0.658. The van der Waals surface area contributed by atoms with Gasteiger partial charge >= 0.3 is 4.87 Å². The number of anilines is 2. The lowest BCUT2D eigenvalue weighted by Crippen LogP contribution is -2.34. The lowest BCUT2D eigenvalue weighted by molar-refractivity contribution is -0.118. The zero-order valence-corrected chi connectivity index (χ0v) is 16.4. The summed E-state index contributed by atoms with van der Waals surface area (Å²) in [7, 11) is 3.31. The fraction of sp³-hybridized carbons (Fsp3) is 0.200. The molecule has 7 heteroatoms. The fourth-order valence-corrected chi connectivity index (χ4v) is 4.69. The number of hydrogen-bond donors (Lipinski definition) is 0. The van der Waals surface area contributed by atoms with E-state index in [4.69, 9.17) is 16.3 Å². The van der Waals surface area contributed by atoms with Gasteiger partial charge < -0.3 is 4.74 Å². The largest absolute Gasteiger partial charge is 0.497 e. The lowest BCUT2D eigenvalue weighted by atomic mass is 9.90. The van der Waals surface area contributed by atoms with Crippen molar-refractivity contribution in [3.05, 3.63) is 73.7 Å². The third kappa shape index (κ3) is 3.05. The summed E-state index contributed by atoms with van der Waals surface area (Å²) < 4.78 is 6.75. The Morgan fingerprint density at radius 3 is 2.56 bits per heavy atom. The number of halogens is 1. The average molecular weight is 401 g/mol. The monoisotopic (exact) mass is 400 g/mol. The average Bonchev–Trinajstić information content (AvgIpc) is 2.96. The molecule has 0 fully saturated rings. The number of benzene rings is 2. The standard InChI is InChI=1S/C20H17ClN2O3S/c1-22-19-18(27-20(22)25)16(12-6-8-15(26-2)9-7-12)11-17(24)23(19)14-5-3-4-13(21)10-14/h3-10,16H,11H2,1-2H3/t16-/m0/s1. The van der Waals surface area contributed by atoms with Crippen molar-refractivity contribution in [3.63, 3.8) is 0 Å². The molecule has 0 aliphatic carbocycles. The number of aromatic nitrogens is 1. The van der Waals surface area contributed by atoms with E-state index in [1.54, 1.807) is 37.3 Å². The van der Waals surface area contributed by atoms with Crippen LogP contribution in [0.5, 0.6) is 5.75 Å². The highest BCUT2D eigenvalue weighted by Gasteiger charge is 2.37. The fourth-order valence-electron chi connectivity index (χ4n) is 3.41. The van der Waals surface area contributed by atoms with Crippen LogP contribution in [0.15, 0.2) is 53.3 Å². The molecule has 0 N–H and O–H groups in total. The highest BCUT2D eigenvalue weighted by molar-refractivity contribution is 7.10. The van der Waals surface area contributed by atoms with Gasteiger partial charge in [-0.25, -0.2) is 0 Å². The minimum atomic E-state index is -0.159. The maximum absolute atomic E-state index is 13.1. The van der Waals surface area contributed by atoms with Crippen LogP contribution >= 0.6 is 22.9 Å². The van der Waals surface area contributed by atoms with Crippen LogP contribution in [0.4, 0.5) is 11.5 Å². The zero-order valence-electron chi connectivity index (χ0n) is 14.8. The Morgan fingerprint density at radius 1 is 1.15 bits per heavy atom. The van der Waals surface area contributed by atoms with Gasteiger partial charge in [0.15, 0.2) is 0 Å². The molecule has 2 heterocycles. The van der Waals surface area contributed by atoms with Crippen molar-refractivity contribution >= 4 is 40.4 Å². The first-order valence-electron chi connectivity index (χ1n) is 8.41. The van der Waals surface area contributed by atoms with Gasteiger partial charge in [0.25, 0.3) is 0 Å². The van der Waals surface area contributed by atoms with Crippen LogP contribution in [-0.2, 0) is 11.8 Å². The molecule has 1 amide bonds. The molecule has 3 aromatic rings. The predicted octanol–water partition coefficient (Wildman–Crippen LogP) is 4.31. The van der Waals surface area contributed by atoms with Crippen molar-refractivity contribution in [3.8, 4) is 5.75 Å². The summed E-state index contributed by atoms with van der Waals surface area (Å²) in [5.41, 5.74) is 1.65. The van der Waals surface area contributed by atoms with Gasteiger partial charge in [-0.15, -0.1) is 0 Å². The molecule has 0 bridgehead atoms. The van der Waals surface area contributed by atoms with Crippen LogP contribution in [0.25, 0.3) is 0 Å². The van der Waals surface area contributed by atoms with Crippen molar-refractivity contribution in [2.45, 2.75) is 12.3 Å². The highest BCUT2D eigenvalue weighted by Crippen LogP contribution is 2.44. The van der Waals surface area contributed by atoms with E-state index in [-0.39, 0.29) is 23.1 Å². The van der Waals surface area contributed by atoms with Crippen LogP contribution < -0.4 is 14.5 Å². The number of carbonyl (C=O) groups is 1. The molecule has 138 valence electrons. The van der Waals surface area contributed by atoms with Crippen LogP contribution in [-0.4, -0.2) is 17.6 Å². The van der Waals surface area contributed by atoms with Gasteiger partial charge in [0.1, 0.15) is 11.6 Å². The topological polar surface area (TPSA) is 51.5 Å². The molecule has 1 atom stereocenters.